The van der Waals surface area contributed by atoms with Crippen molar-refractivity contribution in [2.24, 2.45) is 0 Å². The molecule has 1 heterocycles. The number of hydrogen-bond acceptors (Lipinski definition) is 7. The monoisotopic (exact) mass is 397 g/mol. The average Bonchev–Trinajstić information content (AvgIpc) is 2.72. The molecule has 7 heteroatoms. The Morgan fingerprint density at radius 1 is 1.14 bits per heavy atom. The first-order valence-corrected chi connectivity index (χ1v) is 9.91. The highest BCUT2D eigenvalue weighted by Gasteiger charge is 2.11. The molecule has 1 aromatic heterocycles. The Morgan fingerprint density at radius 3 is 2.71 bits per heavy atom. The van der Waals surface area contributed by atoms with Crippen LogP contribution in [0.1, 0.15) is 22.8 Å². The Balaban J connectivity index is 1.86. The third-order valence-corrected chi connectivity index (χ3v) is 5.12. The summed E-state index contributed by atoms with van der Waals surface area (Å²) in [6, 6.07) is 13.4. The van der Waals surface area contributed by atoms with E-state index in [1.165, 1.54) is 11.8 Å². The molecule has 6 nitrogen and oxygen atoms in total. The van der Waals surface area contributed by atoms with Crippen LogP contribution < -0.4 is 10.1 Å². The Kier molecular flexibility index (Phi) is 6.84. The summed E-state index contributed by atoms with van der Waals surface area (Å²) in [4.78, 5) is 21.0. The van der Waals surface area contributed by atoms with Gasteiger partial charge >= 0.3 is 0 Å². The Morgan fingerprint density at radius 2 is 1.96 bits per heavy atom. The quantitative estimate of drug-likeness (QED) is 0.251. The highest BCUT2D eigenvalue weighted by Crippen LogP contribution is 2.30. The number of nitrogens with one attached hydrogen (secondary N) is 1. The zero-order valence-corrected chi connectivity index (χ0v) is 17.0. The van der Waals surface area contributed by atoms with Crippen molar-refractivity contribution < 1.29 is 14.3 Å². The minimum Gasteiger partial charge on any atom is -0.496 e. The van der Waals surface area contributed by atoms with E-state index < -0.39 is 0 Å². The van der Waals surface area contributed by atoms with Crippen LogP contribution in [0.15, 0.2) is 47.6 Å². The summed E-state index contributed by atoms with van der Waals surface area (Å²) in [5, 5.41) is 4.95. The number of anilines is 1. The van der Waals surface area contributed by atoms with E-state index in [1.54, 1.807) is 27.2 Å². The molecule has 0 saturated carbocycles. The molecule has 0 aliphatic carbocycles. The van der Waals surface area contributed by atoms with Gasteiger partial charge in [0.25, 0.3) is 0 Å². The van der Waals surface area contributed by atoms with E-state index in [0.29, 0.717) is 29.6 Å². The highest BCUT2D eigenvalue weighted by molar-refractivity contribution is 7.98. The third kappa shape index (κ3) is 4.79. The first kappa shape index (κ1) is 20.1. The Labute approximate surface area is 168 Å². The molecule has 146 valence electrons. The van der Waals surface area contributed by atoms with Gasteiger partial charge in [-0.2, -0.15) is 0 Å². The maximum Gasteiger partial charge on any atom is 0.190 e. The van der Waals surface area contributed by atoms with Gasteiger partial charge in [-0.25, -0.2) is 9.97 Å². The van der Waals surface area contributed by atoms with Crippen molar-refractivity contribution in [3.05, 3.63) is 53.6 Å². The number of ether oxygens (including phenoxy) is 2. The summed E-state index contributed by atoms with van der Waals surface area (Å²) in [5.41, 5.74) is 2.48. The Bertz CT molecular complexity index is 978. The van der Waals surface area contributed by atoms with Crippen LogP contribution in [-0.2, 0) is 10.5 Å². The molecule has 0 bridgehead atoms. The molecule has 0 radical (unpaired) electrons. The highest BCUT2D eigenvalue weighted by atomic mass is 32.2. The molecule has 3 aromatic rings. The first-order chi connectivity index (χ1) is 13.6. The van der Waals surface area contributed by atoms with Crippen molar-refractivity contribution >= 4 is 34.3 Å². The number of aromatic nitrogens is 2. The van der Waals surface area contributed by atoms with Crippen molar-refractivity contribution in [2.75, 3.05) is 32.7 Å². The fourth-order valence-electron chi connectivity index (χ4n) is 2.78. The second-order valence-corrected chi connectivity index (χ2v) is 7.11. The summed E-state index contributed by atoms with van der Waals surface area (Å²) >= 11 is 1.51. The molecule has 0 aliphatic rings. The molecule has 0 unspecified atom stereocenters. The number of Topliss-reactive ketones (excluding diaryl/α,β-unsaturated/α-hetero) is 1. The van der Waals surface area contributed by atoms with Crippen LogP contribution in [0.4, 0.5) is 5.82 Å². The number of hydrogen-bond donors (Lipinski definition) is 1. The second kappa shape index (κ2) is 9.52. The molecule has 0 amide bonds. The number of nitrogens with zero attached hydrogens (tertiary/aromatic N) is 2. The van der Waals surface area contributed by atoms with Gasteiger partial charge in [-0.05, 0) is 37.3 Å². The molecule has 0 saturated heterocycles. The minimum absolute atomic E-state index is 0.0282. The van der Waals surface area contributed by atoms with Gasteiger partial charge in [0.15, 0.2) is 10.9 Å². The zero-order chi connectivity index (χ0) is 19.9. The van der Waals surface area contributed by atoms with E-state index in [2.05, 4.69) is 15.3 Å². The van der Waals surface area contributed by atoms with Gasteiger partial charge in [-0.15, -0.1) is 0 Å². The first-order valence-electron chi connectivity index (χ1n) is 8.92. The molecule has 28 heavy (non-hydrogen) atoms. The van der Waals surface area contributed by atoms with Gasteiger partial charge in [-0.1, -0.05) is 23.9 Å². The summed E-state index contributed by atoms with van der Waals surface area (Å²) in [6.45, 7) is 2.81. The lowest BCUT2D eigenvalue weighted by atomic mass is 10.1. The van der Waals surface area contributed by atoms with E-state index in [9.17, 15) is 4.79 Å². The van der Waals surface area contributed by atoms with Crippen LogP contribution in [0.3, 0.4) is 0 Å². The zero-order valence-electron chi connectivity index (χ0n) is 16.2. The summed E-state index contributed by atoms with van der Waals surface area (Å²) in [7, 11) is 3.30. The maximum atomic E-state index is 11.7. The number of rotatable bonds is 9. The number of para-hydroxylation sites is 1. The molecular weight excluding hydrogens is 374 g/mol. The van der Waals surface area contributed by atoms with Crippen molar-refractivity contribution in [1.82, 2.24) is 9.97 Å². The van der Waals surface area contributed by atoms with Crippen LogP contribution in [-0.4, -0.2) is 43.1 Å². The lowest BCUT2D eigenvalue weighted by Gasteiger charge is -2.12. The number of carbonyl (C=O) groups excluding carboxylic acids is 1. The van der Waals surface area contributed by atoms with Crippen LogP contribution >= 0.6 is 11.8 Å². The summed E-state index contributed by atoms with van der Waals surface area (Å²) in [6.07, 6.45) is 0. The fraction of sp³-hybridized carbons (Fsp3) is 0.286. The largest absolute Gasteiger partial charge is 0.496 e. The van der Waals surface area contributed by atoms with Crippen molar-refractivity contribution in [3.63, 3.8) is 0 Å². The Hall–Kier alpha value is -2.64. The summed E-state index contributed by atoms with van der Waals surface area (Å²) < 4.78 is 10.6. The third-order valence-electron chi connectivity index (χ3n) is 4.23. The molecule has 0 aliphatic heterocycles. The lowest BCUT2D eigenvalue weighted by molar-refractivity contribution is 0.101. The number of methoxy groups -OCH3 is 2. The normalized spacial score (nSPS) is 10.8. The molecular formula is C21H23N3O3S. The lowest BCUT2D eigenvalue weighted by Crippen LogP contribution is -2.10. The SMILES string of the molecule is COCCNc1nc(SCc2cc(C(C)=O)ccc2OC)nc2ccccc12. The molecule has 0 spiro atoms. The van der Waals surface area contributed by atoms with Crippen LogP contribution in [0, 0.1) is 0 Å². The van der Waals surface area contributed by atoms with Gasteiger partial charge in [0, 0.05) is 35.9 Å². The summed E-state index contributed by atoms with van der Waals surface area (Å²) in [5.74, 6) is 2.16. The van der Waals surface area contributed by atoms with Gasteiger partial charge in [0.05, 0.1) is 19.2 Å². The number of ketones is 1. The fourth-order valence-corrected chi connectivity index (χ4v) is 3.61. The van der Waals surface area contributed by atoms with Crippen molar-refractivity contribution in [3.8, 4) is 5.75 Å². The average molecular weight is 398 g/mol. The van der Waals surface area contributed by atoms with Crippen LogP contribution in [0.2, 0.25) is 0 Å². The number of thioether (sulfide) groups is 1. The standard InChI is InChI=1S/C21H23N3O3S/c1-14(25)15-8-9-19(27-3)16(12-15)13-28-21-23-18-7-5-4-6-17(18)20(24-21)22-10-11-26-2/h4-9,12H,10-11,13H2,1-3H3,(H,22,23,24). The molecule has 0 atom stereocenters. The predicted octanol–water partition coefficient (Wildman–Crippen LogP) is 4.19. The molecule has 2 aromatic carbocycles. The van der Waals surface area contributed by atoms with Gasteiger partial charge < -0.3 is 14.8 Å². The van der Waals surface area contributed by atoms with Gasteiger partial charge in [0.1, 0.15) is 11.6 Å². The van der Waals surface area contributed by atoms with Crippen LogP contribution in [0.5, 0.6) is 5.75 Å². The van der Waals surface area contributed by atoms with Gasteiger partial charge in [-0.3, -0.25) is 4.79 Å². The van der Waals surface area contributed by atoms with E-state index in [4.69, 9.17) is 9.47 Å². The van der Waals surface area contributed by atoms with E-state index in [0.717, 1.165) is 28.0 Å². The molecule has 0 fully saturated rings. The van der Waals surface area contributed by atoms with E-state index >= 15 is 0 Å². The molecule has 3 rings (SSSR count). The van der Waals surface area contributed by atoms with E-state index in [-0.39, 0.29) is 5.78 Å². The minimum atomic E-state index is 0.0282. The van der Waals surface area contributed by atoms with Crippen molar-refractivity contribution in [2.45, 2.75) is 17.8 Å². The van der Waals surface area contributed by atoms with E-state index in [1.807, 2.05) is 36.4 Å². The number of fused-ring (bicyclic) bond motifs is 1. The number of benzene rings is 2. The maximum absolute atomic E-state index is 11.7. The van der Waals surface area contributed by atoms with Gasteiger partial charge in [0.2, 0.25) is 0 Å². The van der Waals surface area contributed by atoms with Crippen LogP contribution in [0.25, 0.3) is 10.9 Å². The second-order valence-electron chi connectivity index (χ2n) is 6.16. The topological polar surface area (TPSA) is 73.3 Å². The predicted molar refractivity (Wildman–Crippen MR) is 112 cm³/mol. The van der Waals surface area contributed by atoms with Crippen molar-refractivity contribution in [1.29, 1.82) is 0 Å². The number of carbonyl (C=O) groups is 1. The smallest absolute Gasteiger partial charge is 0.190 e. The molecule has 1 N–H and O–H groups in total.